The second kappa shape index (κ2) is 4.89. The average molecular weight is 252 g/mol. The summed E-state index contributed by atoms with van der Waals surface area (Å²) in [5, 5.41) is 4.51. The van der Waals surface area contributed by atoms with Gasteiger partial charge in [0.2, 0.25) is 0 Å². The highest BCUT2D eigenvalue weighted by Crippen LogP contribution is 2.37. The Morgan fingerprint density at radius 1 is 1.29 bits per heavy atom. The van der Waals surface area contributed by atoms with Gasteiger partial charge in [-0.2, -0.15) is 0 Å². The molecule has 1 aliphatic rings. The first-order chi connectivity index (χ1) is 7.99. The van der Waals surface area contributed by atoms with Crippen LogP contribution in [0.5, 0.6) is 0 Å². The van der Waals surface area contributed by atoms with Crippen molar-refractivity contribution < 1.29 is 0 Å². The molecule has 0 aliphatic heterocycles. The van der Waals surface area contributed by atoms with Crippen LogP contribution < -0.4 is 5.32 Å². The largest absolute Gasteiger partial charge is 0.382 e. The van der Waals surface area contributed by atoms with Crippen molar-refractivity contribution in [1.29, 1.82) is 0 Å². The van der Waals surface area contributed by atoms with Gasteiger partial charge in [-0.1, -0.05) is 44.4 Å². The van der Waals surface area contributed by atoms with Crippen molar-refractivity contribution in [3.05, 3.63) is 28.8 Å². The molecule has 1 aliphatic carbocycles. The van der Waals surface area contributed by atoms with Gasteiger partial charge in [-0.25, -0.2) is 0 Å². The lowest BCUT2D eigenvalue weighted by atomic mass is 9.73. The molecular formula is C15H22ClN. The number of hydrogen-bond acceptors (Lipinski definition) is 1. The molecule has 17 heavy (non-hydrogen) atoms. The van der Waals surface area contributed by atoms with E-state index in [1.54, 1.807) is 0 Å². The lowest BCUT2D eigenvalue weighted by Crippen LogP contribution is -2.39. The SMILES string of the molecule is Cc1ccc(Cl)cc1NC1CCCCC1(C)C. The fourth-order valence-electron chi connectivity index (χ4n) is 2.70. The van der Waals surface area contributed by atoms with Crippen molar-refractivity contribution in [2.45, 2.75) is 52.5 Å². The summed E-state index contributed by atoms with van der Waals surface area (Å²) in [6, 6.07) is 6.64. The molecule has 1 unspecified atom stereocenters. The van der Waals surface area contributed by atoms with Crippen molar-refractivity contribution in [3.8, 4) is 0 Å². The lowest BCUT2D eigenvalue weighted by Gasteiger charge is -2.40. The van der Waals surface area contributed by atoms with E-state index in [0.717, 1.165) is 5.02 Å². The zero-order valence-electron chi connectivity index (χ0n) is 11.0. The second-order valence-electron chi connectivity index (χ2n) is 5.89. The number of halogens is 1. The van der Waals surface area contributed by atoms with Gasteiger partial charge in [-0.3, -0.25) is 0 Å². The topological polar surface area (TPSA) is 12.0 Å². The Morgan fingerprint density at radius 2 is 2.06 bits per heavy atom. The summed E-state index contributed by atoms with van der Waals surface area (Å²) in [6.45, 7) is 6.86. The van der Waals surface area contributed by atoms with Gasteiger partial charge >= 0.3 is 0 Å². The molecule has 1 N–H and O–H groups in total. The molecule has 1 nitrogen and oxygen atoms in total. The molecule has 2 rings (SSSR count). The van der Waals surface area contributed by atoms with Crippen LogP contribution in [-0.4, -0.2) is 6.04 Å². The van der Waals surface area contributed by atoms with E-state index in [4.69, 9.17) is 11.6 Å². The van der Waals surface area contributed by atoms with Crippen LogP contribution in [0.2, 0.25) is 5.02 Å². The Morgan fingerprint density at radius 3 is 2.76 bits per heavy atom. The molecule has 1 atom stereocenters. The third-order valence-electron chi connectivity index (χ3n) is 4.04. The van der Waals surface area contributed by atoms with Gasteiger partial charge in [0.15, 0.2) is 0 Å². The summed E-state index contributed by atoms with van der Waals surface area (Å²) in [6.07, 6.45) is 5.27. The summed E-state index contributed by atoms with van der Waals surface area (Å²) in [4.78, 5) is 0. The lowest BCUT2D eigenvalue weighted by molar-refractivity contribution is 0.217. The van der Waals surface area contributed by atoms with Gasteiger partial charge < -0.3 is 5.32 Å². The minimum absolute atomic E-state index is 0.382. The van der Waals surface area contributed by atoms with Gasteiger partial charge in [0.05, 0.1) is 0 Å². The zero-order valence-corrected chi connectivity index (χ0v) is 11.8. The summed E-state index contributed by atoms with van der Waals surface area (Å²) in [5.41, 5.74) is 2.85. The summed E-state index contributed by atoms with van der Waals surface area (Å²) >= 11 is 6.07. The Bertz CT molecular complexity index is 398. The van der Waals surface area contributed by atoms with Gasteiger partial charge in [0.1, 0.15) is 0 Å². The predicted octanol–water partition coefficient (Wildman–Crippen LogP) is 5.03. The first-order valence-electron chi connectivity index (χ1n) is 6.52. The van der Waals surface area contributed by atoms with Gasteiger partial charge in [-0.15, -0.1) is 0 Å². The Labute approximate surface area is 110 Å². The average Bonchev–Trinajstić information content (AvgIpc) is 2.26. The summed E-state index contributed by atoms with van der Waals surface area (Å²) in [5.74, 6) is 0. The monoisotopic (exact) mass is 251 g/mol. The van der Waals surface area contributed by atoms with Crippen molar-refractivity contribution in [1.82, 2.24) is 0 Å². The molecule has 0 saturated heterocycles. The minimum atomic E-state index is 0.382. The van der Waals surface area contributed by atoms with Crippen molar-refractivity contribution in [2.24, 2.45) is 5.41 Å². The van der Waals surface area contributed by atoms with E-state index in [-0.39, 0.29) is 0 Å². The highest BCUT2D eigenvalue weighted by Gasteiger charge is 2.32. The second-order valence-corrected chi connectivity index (χ2v) is 6.33. The molecular weight excluding hydrogens is 230 g/mol. The molecule has 0 heterocycles. The fourth-order valence-corrected chi connectivity index (χ4v) is 2.87. The first kappa shape index (κ1) is 12.8. The molecule has 1 saturated carbocycles. The number of hydrogen-bond donors (Lipinski definition) is 1. The highest BCUT2D eigenvalue weighted by atomic mass is 35.5. The highest BCUT2D eigenvalue weighted by molar-refractivity contribution is 6.30. The predicted molar refractivity (Wildman–Crippen MR) is 75.8 cm³/mol. The third-order valence-corrected chi connectivity index (χ3v) is 4.27. The van der Waals surface area contributed by atoms with Gasteiger partial charge in [0.25, 0.3) is 0 Å². The van der Waals surface area contributed by atoms with Crippen LogP contribution in [0.25, 0.3) is 0 Å². The van der Waals surface area contributed by atoms with Crippen LogP contribution in [-0.2, 0) is 0 Å². The quantitative estimate of drug-likeness (QED) is 0.778. The van der Waals surface area contributed by atoms with Crippen LogP contribution in [0.4, 0.5) is 5.69 Å². The number of rotatable bonds is 2. The van der Waals surface area contributed by atoms with Gasteiger partial charge in [-0.05, 0) is 42.9 Å². The third kappa shape index (κ3) is 2.95. The van der Waals surface area contributed by atoms with Crippen molar-refractivity contribution in [3.63, 3.8) is 0 Å². The van der Waals surface area contributed by atoms with Crippen LogP contribution in [0.3, 0.4) is 0 Å². The number of anilines is 1. The summed E-state index contributed by atoms with van der Waals surface area (Å²) < 4.78 is 0. The van der Waals surface area contributed by atoms with Crippen LogP contribution in [0, 0.1) is 12.3 Å². The minimum Gasteiger partial charge on any atom is -0.382 e. The van der Waals surface area contributed by atoms with Crippen LogP contribution in [0.15, 0.2) is 18.2 Å². The zero-order chi connectivity index (χ0) is 12.5. The van der Waals surface area contributed by atoms with E-state index in [9.17, 15) is 0 Å². The maximum absolute atomic E-state index is 6.07. The Hall–Kier alpha value is -0.690. The molecule has 0 aromatic heterocycles. The van der Waals surface area contributed by atoms with E-state index in [1.165, 1.54) is 36.9 Å². The molecule has 1 fully saturated rings. The number of nitrogens with one attached hydrogen (secondary N) is 1. The molecule has 0 amide bonds. The smallest absolute Gasteiger partial charge is 0.0426 e. The van der Waals surface area contributed by atoms with Crippen LogP contribution >= 0.6 is 11.6 Å². The Kier molecular flexibility index (Phi) is 3.67. The van der Waals surface area contributed by atoms with E-state index < -0.39 is 0 Å². The fraction of sp³-hybridized carbons (Fsp3) is 0.600. The van der Waals surface area contributed by atoms with E-state index in [2.05, 4.69) is 32.2 Å². The normalized spacial score (nSPS) is 23.4. The maximum Gasteiger partial charge on any atom is 0.0426 e. The number of aryl methyl sites for hydroxylation is 1. The first-order valence-corrected chi connectivity index (χ1v) is 6.89. The summed E-state index contributed by atoms with van der Waals surface area (Å²) in [7, 11) is 0. The van der Waals surface area contributed by atoms with Crippen LogP contribution in [0.1, 0.15) is 45.1 Å². The molecule has 1 aromatic rings. The maximum atomic E-state index is 6.07. The molecule has 2 heteroatoms. The van der Waals surface area contributed by atoms with Gasteiger partial charge in [0, 0.05) is 16.8 Å². The Balaban J connectivity index is 2.16. The molecule has 0 radical (unpaired) electrons. The van der Waals surface area contributed by atoms with E-state index >= 15 is 0 Å². The van der Waals surface area contributed by atoms with E-state index in [1.807, 2.05) is 12.1 Å². The molecule has 0 bridgehead atoms. The molecule has 0 spiro atoms. The van der Waals surface area contributed by atoms with Crippen molar-refractivity contribution in [2.75, 3.05) is 5.32 Å². The molecule has 1 aromatic carbocycles. The van der Waals surface area contributed by atoms with Crippen molar-refractivity contribution >= 4 is 17.3 Å². The molecule has 94 valence electrons. The number of benzene rings is 1. The van der Waals surface area contributed by atoms with E-state index in [0.29, 0.717) is 11.5 Å². The standard InChI is InChI=1S/C15H22ClN/c1-11-7-8-12(16)10-13(11)17-14-6-4-5-9-15(14,2)3/h7-8,10,14,17H,4-6,9H2,1-3H3.